The Morgan fingerprint density at radius 3 is 2.34 bits per heavy atom. The SMILES string of the molecule is CCC[C@H]1CN(C(=O)c2ccccc2)c2ccccc2[C@H]1N(C(=O)CCC(=O)O)C1CC1. The fourth-order valence-electron chi connectivity index (χ4n) is 4.88. The van der Waals surface area contributed by atoms with Gasteiger partial charge in [0.1, 0.15) is 0 Å². The molecule has 4 rings (SSSR count). The molecule has 1 saturated carbocycles. The first-order chi connectivity index (χ1) is 15.5. The topological polar surface area (TPSA) is 77.9 Å². The van der Waals surface area contributed by atoms with Crippen molar-refractivity contribution in [2.45, 2.75) is 57.5 Å². The minimum atomic E-state index is -0.956. The van der Waals surface area contributed by atoms with Crippen LogP contribution in [0.3, 0.4) is 0 Å². The van der Waals surface area contributed by atoms with E-state index in [-0.39, 0.29) is 42.7 Å². The summed E-state index contributed by atoms with van der Waals surface area (Å²) in [5.74, 6) is -0.994. The van der Waals surface area contributed by atoms with Crippen molar-refractivity contribution in [3.05, 3.63) is 65.7 Å². The highest BCUT2D eigenvalue weighted by Gasteiger charge is 2.45. The predicted molar refractivity (Wildman–Crippen MR) is 122 cm³/mol. The van der Waals surface area contributed by atoms with E-state index in [1.807, 2.05) is 64.4 Å². The molecule has 1 aliphatic carbocycles. The summed E-state index contributed by atoms with van der Waals surface area (Å²) in [5, 5.41) is 9.09. The molecule has 2 aliphatic rings. The zero-order valence-corrected chi connectivity index (χ0v) is 18.4. The number of carbonyl (C=O) groups is 3. The van der Waals surface area contributed by atoms with E-state index in [0.29, 0.717) is 12.1 Å². The molecule has 2 atom stereocenters. The first-order valence-corrected chi connectivity index (χ1v) is 11.5. The number of carboxylic acids is 1. The van der Waals surface area contributed by atoms with Gasteiger partial charge in [0.15, 0.2) is 0 Å². The molecule has 1 aliphatic heterocycles. The quantitative estimate of drug-likeness (QED) is 0.655. The van der Waals surface area contributed by atoms with Crippen LogP contribution in [0.4, 0.5) is 5.69 Å². The first-order valence-electron chi connectivity index (χ1n) is 11.5. The molecule has 1 N–H and O–H groups in total. The van der Waals surface area contributed by atoms with Crippen molar-refractivity contribution in [1.82, 2.24) is 4.90 Å². The fourth-order valence-corrected chi connectivity index (χ4v) is 4.88. The van der Waals surface area contributed by atoms with Crippen LogP contribution in [0.2, 0.25) is 0 Å². The molecule has 0 aromatic heterocycles. The second-order valence-electron chi connectivity index (χ2n) is 8.76. The van der Waals surface area contributed by atoms with Crippen LogP contribution in [0.15, 0.2) is 54.6 Å². The number of carbonyl (C=O) groups excluding carboxylic acids is 2. The molecule has 0 radical (unpaired) electrons. The molecule has 6 nitrogen and oxygen atoms in total. The lowest BCUT2D eigenvalue weighted by atomic mass is 9.82. The van der Waals surface area contributed by atoms with Crippen LogP contribution in [0.25, 0.3) is 0 Å². The maximum Gasteiger partial charge on any atom is 0.303 e. The summed E-state index contributed by atoms with van der Waals surface area (Å²) >= 11 is 0. The summed E-state index contributed by atoms with van der Waals surface area (Å²) < 4.78 is 0. The van der Waals surface area contributed by atoms with Gasteiger partial charge in [-0.3, -0.25) is 14.4 Å². The number of benzene rings is 2. The van der Waals surface area contributed by atoms with Gasteiger partial charge >= 0.3 is 5.97 Å². The third-order valence-corrected chi connectivity index (χ3v) is 6.42. The molecule has 1 heterocycles. The highest BCUT2D eigenvalue weighted by Crippen LogP contribution is 2.47. The summed E-state index contributed by atoms with van der Waals surface area (Å²) in [7, 11) is 0. The number of rotatable bonds is 8. The van der Waals surface area contributed by atoms with E-state index in [4.69, 9.17) is 5.11 Å². The molecular formula is C26H30N2O4. The molecular weight excluding hydrogens is 404 g/mol. The number of amides is 2. The van der Waals surface area contributed by atoms with Gasteiger partial charge in [0.2, 0.25) is 5.91 Å². The molecule has 0 spiro atoms. The van der Waals surface area contributed by atoms with E-state index >= 15 is 0 Å². The molecule has 32 heavy (non-hydrogen) atoms. The summed E-state index contributed by atoms with van der Waals surface area (Å²) in [4.78, 5) is 41.5. The van der Waals surface area contributed by atoms with Crippen LogP contribution in [0.5, 0.6) is 0 Å². The van der Waals surface area contributed by atoms with Gasteiger partial charge in [-0.1, -0.05) is 49.7 Å². The van der Waals surface area contributed by atoms with Crippen molar-refractivity contribution >= 4 is 23.5 Å². The third-order valence-electron chi connectivity index (χ3n) is 6.42. The number of fused-ring (bicyclic) bond motifs is 1. The molecule has 0 saturated heterocycles. The van der Waals surface area contributed by atoms with Gasteiger partial charge < -0.3 is 14.9 Å². The lowest BCUT2D eigenvalue weighted by Gasteiger charge is -2.45. The first kappa shape index (κ1) is 22.1. The normalized spacial score (nSPS) is 19.8. The standard InChI is InChI=1S/C26H30N2O4/c1-2-8-19-17-27(26(32)18-9-4-3-5-10-18)22-12-7-6-11-21(22)25(19)28(20-13-14-20)23(29)15-16-24(30)31/h3-7,9-12,19-20,25H,2,8,13-17H2,1H3,(H,30,31)/t19-,25-/m0/s1. The molecule has 2 amide bonds. The Morgan fingerprint density at radius 2 is 1.69 bits per heavy atom. The van der Waals surface area contributed by atoms with Gasteiger partial charge in [0.05, 0.1) is 12.5 Å². The lowest BCUT2D eigenvalue weighted by Crippen LogP contribution is -2.49. The fraction of sp³-hybridized carbons (Fsp3) is 0.423. The number of carboxylic acid groups (broad SMARTS) is 1. The minimum Gasteiger partial charge on any atom is -0.481 e. The zero-order chi connectivity index (χ0) is 22.7. The van der Waals surface area contributed by atoms with Crippen molar-refractivity contribution in [3.63, 3.8) is 0 Å². The molecule has 2 aromatic carbocycles. The van der Waals surface area contributed by atoms with Gasteiger partial charge in [-0.25, -0.2) is 0 Å². The number of aliphatic carboxylic acids is 1. The molecule has 6 heteroatoms. The van der Waals surface area contributed by atoms with Gasteiger partial charge in [0.25, 0.3) is 5.91 Å². The Morgan fingerprint density at radius 1 is 1.00 bits per heavy atom. The average molecular weight is 435 g/mol. The third kappa shape index (κ3) is 4.54. The highest BCUT2D eigenvalue weighted by molar-refractivity contribution is 6.07. The summed E-state index contributed by atoms with van der Waals surface area (Å²) in [6.45, 7) is 2.66. The molecule has 168 valence electrons. The van der Waals surface area contributed by atoms with E-state index in [9.17, 15) is 14.4 Å². The van der Waals surface area contributed by atoms with Crippen molar-refractivity contribution in [1.29, 1.82) is 0 Å². The molecule has 2 aromatic rings. The Kier molecular flexibility index (Phi) is 6.58. The predicted octanol–water partition coefficient (Wildman–Crippen LogP) is 4.66. The monoisotopic (exact) mass is 434 g/mol. The van der Waals surface area contributed by atoms with Crippen LogP contribution in [0.1, 0.15) is 67.4 Å². The summed E-state index contributed by atoms with van der Waals surface area (Å²) in [5.41, 5.74) is 2.47. The molecule has 0 unspecified atom stereocenters. The van der Waals surface area contributed by atoms with Crippen LogP contribution < -0.4 is 4.90 Å². The van der Waals surface area contributed by atoms with Gasteiger partial charge in [0, 0.05) is 36.2 Å². The van der Waals surface area contributed by atoms with Gasteiger partial charge in [-0.05, 0) is 43.0 Å². The van der Waals surface area contributed by atoms with E-state index in [1.165, 1.54) is 0 Å². The van der Waals surface area contributed by atoms with Crippen molar-refractivity contribution in [2.75, 3.05) is 11.4 Å². The maximum absolute atomic E-state index is 13.4. The van der Waals surface area contributed by atoms with E-state index < -0.39 is 5.97 Å². The average Bonchev–Trinajstić information content (AvgIpc) is 3.64. The van der Waals surface area contributed by atoms with E-state index in [0.717, 1.165) is 36.9 Å². The molecule has 0 bridgehead atoms. The van der Waals surface area contributed by atoms with Gasteiger partial charge in [-0.15, -0.1) is 0 Å². The van der Waals surface area contributed by atoms with Crippen molar-refractivity contribution in [3.8, 4) is 0 Å². The van der Waals surface area contributed by atoms with Crippen LogP contribution in [-0.4, -0.2) is 40.4 Å². The van der Waals surface area contributed by atoms with Crippen molar-refractivity contribution in [2.24, 2.45) is 5.92 Å². The van der Waals surface area contributed by atoms with Crippen LogP contribution in [-0.2, 0) is 9.59 Å². The van der Waals surface area contributed by atoms with Crippen molar-refractivity contribution < 1.29 is 19.5 Å². The molecule has 1 fully saturated rings. The largest absolute Gasteiger partial charge is 0.481 e. The van der Waals surface area contributed by atoms with Crippen LogP contribution >= 0.6 is 0 Å². The maximum atomic E-state index is 13.4. The minimum absolute atomic E-state index is 0.00993. The Labute approximate surface area is 188 Å². The lowest BCUT2D eigenvalue weighted by molar-refractivity contribution is -0.142. The number of anilines is 1. The number of para-hydroxylation sites is 1. The summed E-state index contributed by atoms with van der Waals surface area (Å²) in [6.07, 6.45) is 3.57. The van der Waals surface area contributed by atoms with E-state index in [2.05, 4.69) is 6.92 Å². The van der Waals surface area contributed by atoms with Gasteiger partial charge in [-0.2, -0.15) is 0 Å². The zero-order valence-electron chi connectivity index (χ0n) is 18.4. The number of hydrogen-bond donors (Lipinski definition) is 1. The summed E-state index contributed by atoms with van der Waals surface area (Å²) in [6, 6.07) is 17.2. The Balaban J connectivity index is 1.73. The highest BCUT2D eigenvalue weighted by atomic mass is 16.4. The number of hydrogen-bond acceptors (Lipinski definition) is 3. The Bertz CT molecular complexity index is 986. The number of nitrogens with zero attached hydrogens (tertiary/aromatic N) is 2. The van der Waals surface area contributed by atoms with Crippen LogP contribution in [0, 0.1) is 5.92 Å². The smallest absolute Gasteiger partial charge is 0.303 e. The second-order valence-corrected chi connectivity index (χ2v) is 8.76. The second kappa shape index (κ2) is 9.55. The van der Waals surface area contributed by atoms with E-state index in [1.54, 1.807) is 0 Å². The Hall–Kier alpha value is -3.15.